The Hall–Kier alpha value is -2.01. The van der Waals surface area contributed by atoms with Gasteiger partial charge in [0.2, 0.25) is 0 Å². The van der Waals surface area contributed by atoms with Crippen LogP contribution in [0, 0.1) is 6.92 Å². The van der Waals surface area contributed by atoms with Crippen molar-refractivity contribution in [3.63, 3.8) is 0 Å². The van der Waals surface area contributed by atoms with Crippen molar-refractivity contribution >= 4 is 28.7 Å². The van der Waals surface area contributed by atoms with Crippen LogP contribution in [0.4, 0.5) is 16.2 Å². The number of amides is 2. The van der Waals surface area contributed by atoms with Crippen LogP contribution in [0.2, 0.25) is 0 Å². The van der Waals surface area contributed by atoms with Crippen molar-refractivity contribution in [3.05, 3.63) is 46.2 Å². The Morgan fingerprint density at radius 1 is 1.33 bits per heavy atom. The molecule has 2 aromatic rings. The SMILES string of the molecule is Cc1ccc(C(C)Nc2cccc(N3CCNC3=O)c2)s1. The van der Waals surface area contributed by atoms with Gasteiger partial charge in [-0.25, -0.2) is 4.79 Å². The highest BCUT2D eigenvalue weighted by molar-refractivity contribution is 7.12. The van der Waals surface area contributed by atoms with E-state index in [1.165, 1.54) is 9.75 Å². The molecular formula is C16H19N3OS. The molecule has 1 aromatic heterocycles. The van der Waals surface area contributed by atoms with Crippen LogP contribution in [0.15, 0.2) is 36.4 Å². The summed E-state index contributed by atoms with van der Waals surface area (Å²) in [5.74, 6) is 0. The lowest BCUT2D eigenvalue weighted by Gasteiger charge is -2.18. The topological polar surface area (TPSA) is 44.4 Å². The summed E-state index contributed by atoms with van der Waals surface area (Å²) in [5, 5.41) is 6.33. The van der Waals surface area contributed by atoms with E-state index in [0.717, 1.165) is 17.9 Å². The molecule has 1 unspecified atom stereocenters. The van der Waals surface area contributed by atoms with E-state index in [1.807, 2.05) is 35.6 Å². The summed E-state index contributed by atoms with van der Waals surface area (Å²) < 4.78 is 0. The zero-order chi connectivity index (χ0) is 14.8. The van der Waals surface area contributed by atoms with Crippen molar-refractivity contribution in [1.29, 1.82) is 0 Å². The highest BCUT2D eigenvalue weighted by atomic mass is 32.1. The summed E-state index contributed by atoms with van der Waals surface area (Å²) in [6.07, 6.45) is 0. The van der Waals surface area contributed by atoms with Gasteiger partial charge in [-0.05, 0) is 44.2 Å². The average Bonchev–Trinajstić information content (AvgIpc) is 3.08. The predicted molar refractivity (Wildman–Crippen MR) is 88.3 cm³/mol. The molecule has 2 heterocycles. The maximum atomic E-state index is 11.7. The molecule has 2 amide bonds. The number of nitrogens with one attached hydrogen (secondary N) is 2. The minimum atomic E-state index is -0.0194. The van der Waals surface area contributed by atoms with E-state index in [2.05, 4.69) is 36.6 Å². The summed E-state index contributed by atoms with van der Waals surface area (Å²) >= 11 is 1.81. The Morgan fingerprint density at radius 3 is 2.86 bits per heavy atom. The molecule has 1 aliphatic rings. The van der Waals surface area contributed by atoms with E-state index in [0.29, 0.717) is 6.54 Å². The largest absolute Gasteiger partial charge is 0.378 e. The van der Waals surface area contributed by atoms with Gasteiger partial charge < -0.3 is 10.6 Å². The van der Waals surface area contributed by atoms with Gasteiger partial charge in [-0.2, -0.15) is 0 Å². The summed E-state index contributed by atoms with van der Waals surface area (Å²) in [5.41, 5.74) is 1.97. The van der Waals surface area contributed by atoms with Crippen molar-refractivity contribution in [1.82, 2.24) is 5.32 Å². The second-order valence-electron chi connectivity index (χ2n) is 5.25. The zero-order valence-electron chi connectivity index (χ0n) is 12.2. The Bertz CT molecular complexity index is 652. The number of aryl methyl sites for hydroxylation is 1. The summed E-state index contributed by atoms with van der Waals surface area (Å²) in [6.45, 7) is 5.71. The number of rotatable bonds is 4. The summed E-state index contributed by atoms with van der Waals surface area (Å²) in [6, 6.07) is 12.6. The molecule has 110 valence electrons. The number of carbonyl (C=O) groups excluding carboxylic acids is 1. The number of thiophene rings is 1. The minimum absolute atomic E-state index is 0.0194. The monoisotopic (exact) mass is 301 g/mol. The third kappa shape index (κ3) is 3.03. The molecule has 4 nitrogen and oxygen atoms in total. The molecule has 1 aliphatic heterocycles. The first-order valence-corrected chi connectivity index (χ1v) is 7.93. The maximum Gasteiger partial charge on any atom is 0.321 e. The molecule has 1 fully saturated rings. The van der Waals surface area contributed by atoms with Crippen molar-refractivity contribution < 1.29 is 4.79 Å². The van der Waals surface area contributed by atoms with E-state index in [-0.39, 0.29) is 12.1 Å². The third-order valence-electron chi connectivity index (χ3n) is 3.59. The van der Waals surface area contributed by atoms with Gasteiger partial charge in [0.15, 0.2) is 0 Å². The molecule has 1 atom stereocenters. The molecule has 0 spiro atoms. The second-order valence-corrected chi connectivity index (χ2v) is 6.57. The van der Waals surface area contributed by atoms with Gasteiger partial charge in [-0.15, -0.1) is 11.3 Å². The van der Waals surface area contributed by atoms with Crippen molar-refractivity contribution in [3.8, 4) is 0 Å². The lowest BCUT2D eigenvalue weighted by atomic mass is 10.2. The molecule has 0 radical (unpaired) electrons. The van der Waals surface area contributed by atoms with Crippen LogP contribution in [-0.2, 0) is 0 Å². The molecule has 0 aliphatic carbocycles. The Kier molecular flexibility index (Phi) is 3.84. The van der Waals surface area contributed by atoms with Gasteiger partial charge in [0.1, 0.15) is 0 Å². The highest BCUT2D eigenvalue weighted by Gasteiger charge is 2.21. The number of urea groups is 1. The fourth-order valence-electron chi connectivity index (χ4n) is 2.49. The third-order valence-corrected chi connectivity index (χ3v) is 4.77. The van der Waals surface area contributed by atoms with Gasteiger partial charge in [0.25, 0.3) is 0 Å². The molecular weight excluding hydrogens is 282 g/mol. The summed E-state index contributed by atoms with van der Waals surface area (Å²) in [7, 11) is 0. The Morgan fingerprint density at radius 2 is 2.19 bits per heavy atom. The van der Waals surface area contributed by atoms with Crippen LogP contribution in [0.3, 0.4) is 0 Å². The molecule has 0 saturated carbocycles. The number of hydrogen-bond donors (Lipinski definition) is 2. The average molecular weight is 301 g/mol. The highest BCUT2D eigenvalue weighted by Crippen LogP contribution is 2.27. The van der Waals surface area contributed by atoms with E-state index < -0.39 is 0 Å². The van der Waals surface area contributed by atoms with Gasteiger partial charge in [-0.3, -0.25) is 4.90 Å². The predicted octanol–water partition coefficient (Wildman–Crippen LogP) is 3.76. The van der Waals surface area contributed by atoms with Crippen molar-refractivity contribution in [2.45, 2.75) is 19.9 Å². The first-order chi connectivity index (χ1) is 10.1. The first kappa shape index (κ1) is 13.9. The first-order valence-electron chi connectivity index (χ1n) is 7.12. The number of nitrogens with zero attached hydrogens (tertiary/aromatic N) is 1. The number of benzene rings is 1. The molecule has 0 bridgehead atoms. The van der Waals surface area contributed by atoms with Crippen LogP contribution in [0.1, 0.15) is 22.7 Å². The van der Waals surface area contributed by atoms with E-state index >= 15 is 0 Å². The second kappa shape index (κ2) is 5.77. The van der Waals surface area contributed by atoms with Crippen LogP contribution < -0.4 is 15.5 Å². The van der Waals surface area contributed by atoms with Crippen LogP contribution in [-0.4, -0.2) is 19.1 Å². The molecule has 2 N–H and O–H groups in total. The molecule has 3 rings (SSSR count). The lowest BCUT2D eigenvalue weighted by molar-refractivity contribution is 0.252. The van der Waals surface area contributed by atoms with E-state index in [4.69, 9.17) is 0 Å². The van der Waals surface area contributed by atoms with Crippen LogP contribution in [0.5, 0.6) is 0 Å². The van der Waals surface area contributed by atoms with Crippen molar-refractivity contribution in [2.75, 3.05) is 23.3 Å². The maximum absolute atomic E-state index is 11.7. The minimum Gasteiger partial charge on any atom is -0.378 e. The molecule has 5 heteroatoms. The van der Waals surface area contributed by atoms with Crippen molar-refractivity contribution in [2.24, 2.45) is 0 Å². The van der Waals surface area contributed by atoms with Gasteiger partial charge in [0.05, 0.1) is 6.04 Å². The quantitative estimate of drug-likeness (QED) is 0.903. The number of carbonyl (C=O) groups is 1. The smallest absolute Gasteiger partial charge is 0.321 e. The van der Waals surface area contributed by atoms with E-state index in [1.54, 1.807) is 4.90 Å². The fourth-order valence-corrected chi connectivity index (χ4v) is 3.37. The van der Waals surface area contributed by atoms with Crippen LogP contribution >= 0.6 is 11.3 Å². The molecule has 1 aromatic carbocycles. The normalized spacial score (nSPS) is 15.9. The lowest BCUT2D eigenvalue weighted by Crippen LogP contribution is -2.27. The van der Waals surface area contributed by atoms with E-state index in [9.17, 15) is 4.79 Å². The number of anilines is 2. The standard InChI is InChI=1S/C16H19N3OS/c1-11-6-7-15(21-11)12(2)18-13-4-3-5-14(10-13)19-9-8-17-16(19)20/h3-7,10,12,18H,8-9H2,1-2H3,(H,17,20). The Balaban J connectivity index is 1.75. The summed E-state index contributed by atoms with van der Waals surface area (Å²) in [4.78, 5) is 16.1. The molecule has 1 saturated heterocycles. The Labute approximate surface area is 128 Å². The fraction of sp³-hybridized carbons (Fsp3) is 0.312. The molecule has 21 heavy (non-hydrogen) atoms. The van der Waals surface area contributed by atoms with Gasteiger partial charge in [-0.1, -0.05) is 6.07 Å². The van der Waals surface area contributed by atoms with Crippen LogP contribution in [0.25, 0.3) is 0 Å². The van der Waals surface area contributed by atoms with Gasteiger partial charge >= 0.3 is 6.03 Å². The van der Waals surface area contributed by atoms with Gasteiger partial charge in [0, 0.05) is 34.2 Å². The number of hydrogen-bond acceptors (Lipinski definition) is 3. The zero-order valence-corrected chi connectivity index (χ0v) is 13.0.